The summed E-state index contributed by atoms with van der Waals surface area (Å²) in [5.74, 6) is -3.02. The number of amides is 1. The predicted octanol–water partition coefficient (Wildman–Crippen LogP) is 2.90. The van der Waals surface area contributed by atoms with Crippen molar-refractivity contribution in [3.05, 3.63) is 47.2 Å². The van der Waals surface area contributed by atoms with E-state index in [4.69, 9.17) is 18.3 Å². The second kappa shape index (κ2) is 7.70. The molecule has 3 heterocycles. The number of aryl methyl sites for hydroxylation is 1. The fourth-order valence-corrected chi connectivity index (χ4v) is 4.68. The molecular weight excluding hydrogens is 411 g/mol. The summed E-state index contributed by atoms with van der Waals surface area (Å²) in [6.07, 6.45) is -1.97. The van der Waals surface area contributed by atoms with Gasteiger partial charge in [-0.2, -0.15) is 0 Å². The Labute approximate surface area is 165 Å². The minimum atomic E-state index is -3.98. The molecule has 156 valence electrons. The smallest absolute Gasteiger partial charge is 0.349 e. The lowest BCUT2D eigenvalue weighted by molar-refractivity contribution is -0.146. The van der Waals surface area contributed by atoms with Crippen molar-refractivity contribution in [3.63, 3.8) is 0 Å². The SMILES string of the molecule is Cc1ccc(COP2(=O)OC[C@H]3O[C@@H](N4C=C(F)C(=O)CC4=O)C[C@@H]3O2)c(F)c1. The quantitative estimate of drug-likeness (QED) is 0.537. The highest BCUT2D eigenvalue weighted by Gasteiger charge is 2.49. The Morgan fingerprint density at radius 1 is 1.28 bits per heavy atom. The molecule has 0 radical (unpaired) electrons. The van der Waals surface area contributed by atoms with Crippen molar-refractivity contribution < 1.29 is 41.2 Å². The molecule has 2 fully saturated rings. The van der Waals surface area contributed by atoms with E-state index in [1.54, 1.807) is 13.0 Å². The molecule has 1 aromatic carbocycles. The number of carbonyl (C=O) groups is 2. The summed E-state index contributed by atoms with van der Waals surface area (Å²) in [4.78, 5) is 24.3. The molecule has 1 unspecified atom stereocenters. The molecule has 0 aromatic heterocycles. The second-order valence-corrected chi connectivity index (χ2v) is 8.62. The molecule has 0 spiro atoms. The zero-order valence-electron chi connectivity index (χ0n) is 15.4. The zero-order chi connectivity index (χ0) is 20.8. The Morgan fingerprint density at radius 2 is 2.07 bits per heavy atom. The first-order valence-corrected chi connectivity index (χ1v) is 10.4. The summed E-state index contributed by atoms with van der Waals surface area (Å²) in [6, 6.07) is 4.54. The summed E-state index contributed by atoms with van der Waals surface area (Å²) in [5, 5.41) is 0. The van der Waals surface area contributed by atoms with Gasteiger partial charge in [0.05, 0.1) is 19.6 Å². The van der Waals surface area contributed by atoms with Gasteiger partial charge in [0.15, 0.2) is 5.83 Å². The van der Waals surface area contributed by atoms with Crippen LogP contribution in [0.25, 0.3) is 0 Å². The number of hydrogen-bond acceptors (Lipinski definition) is 7. The molecule has 29 heavy (non-hydrogen) atoms. The van der Waals surface area contributed by atoms with Gasteiger partial charge in [-0.3, -0.25) is 28.1 Å². The summed E-state index contributed by atoms with van der Waals surface area (Å²) >= 11 is 0. The Kier molecular flexibility index (Phi) is 5.39. The maximum atomic E-state index is 13.9. The van der Waals surface area contributed by atoms with Gasteiger partial charge in [-0.25, -0.2) is 13.3 Å². The zero-order valence-corrected chi connectivity index (χ0v) is 16.3. The van der Waals surface area contributed by atoms with E-state index >= 15 is 0 Å². The van der Waals surface area contributed by atoms with Gasteiger partial charge in [0.1, 0.15) is 24.3 Å². The molecule has 1 amide bonds. The van der Waals surface area contributed by atoms with Crippen molar-refractivity contribution in [1.82, 2.24) is 4.90 Å². The summed E-state index contributed by atoms with van der Waals surface area (Å²) in [5.41, 5.74) is 0.935. The fraction of sp³-hybridized carbons (Fsp3) is 0.444. The molecular formula is C18H18F2NO7P. The Hall–Kier alpha value is -1.97. The number of fused-ring (bicyclic) bond motifs is 1. The average Bonchev–Trinajstić information content (AvgIpc) is 3.06. The number of allylic oxidation sites excluding steroid dienone is 1. The number of halogens is 2. The third kappa shape index (κ3) is 4.17. The van der Waals surface area contributed by atoms with Gasteiger partial charge in [-0.15, -0.1) is 0 Å². The first kappa shape index (κ1) is 20.3. The molecule has 0 aliphatic carbocycles. The number of benzene rings is 1. The maximum Gasteiger partial charge on any atom is 0.475 e. The lowest BCUT2D eigenvalue weighted by Crippen LogP contribution is -2.40. The molecule has 1 aromatic rings. The normalized spacial score (nSPS) is 32.3. The predicted molar refractivity (Wildman–Crippen MR) is 93.3 cm³/mol. The van der Waals surface area contributed by atoms with E-state index in [0.717, 1.165) is 16.7 Å². The standard InChI is InChI=1S/C18H18F2NO7P/c1-10-2-3-11(12(19)4-10)8-25-29(24)26-9-16-15(28-29)6-18(27-16)21-7-13(20)14(22)5-17(21)23/h2-4,7,15-16,18H,5-6,8-9H2,1H3/t15-,16+,18+,29?/m0/s1. The lowest BCUT2D eigenvalue weighted by atomic mass is 10.1. The van der Waals surface area contributed by atoms with Crippen molar-refractivity contribution in [2.75, 3.05) is 6.61 Å². The van der Waals surface area contributed by atoms with Crippen LogP contribution in [0, 0.1) is 12.7 Å². The molecule has 4 rings (SSSR count). The van der Waals surface area contributed by atoms with Crippen molar-refractivity contribution in [2.45, 2.75) is 44.8 Å². The monoisotopic (exact) mass is 429 g/mol. The van der Waals surface area contributed by atoms with Crippen LogP contribution in [0.2, 0.25) is 0 Å². The molecule has 0 N–H and O–H groups in total. The first-order chi connectivity index (χ1) is 13.7. The molecule has 0 saturated carbocycles. The number of nitrogens with zero attached hydrogens (tertiary/aromatic N) is 1. The van der Waals surface area contributed by atoms with Crippen LogP contribution in [0.3, 0.4) is 0 Å². The number of ketones is 1. The third-order valence-electron chi connectivity index (χ3n) is 4.86. The molecule has 3 aliphatic heterocycles. The van der Waals surface area contributed by atoms with E-state index < -0.39 is 56.0 Å². The van der Waals surface area contributed by atoms with E-state index in [1.165, 1.54) is 12.1 Å². The van der Waals surface area contributed by atoms with Crippen molar-refractivity contribution in [2.24, 2.45) is 0 Å². The van der Waals surface area contributed by atoms with E-state index in [-0.39, 0.29) is 25.2 Å². The Bertz CT molecular complexity index is 937. The highest BCUT2D eigenvalue weighted by Crippen LogP contribution is 2.56. The molecule has 11 heteroatoms. The molecule has 2 saturated heterocycles. The van der Waals surface area contributed by atoms with Crippen LogP contribution in [0.1, 0.15) is 24.0 Å². The van der Waals surface area contributed by atoms with E-state index in [0.29, 0.717) is 0 Å². The maximum absolute atomic E-state index is 13.9. The summed E-state index contributed by atoms with van der Waals surface area (Å²) in [7, 11) is -3.98. The van der Waals surface area contributed by atoms with Gasteiger partial charge in [0.25, 0.3) is 0 Å². The van der Waals surface area contributed by atoms with Gasteiger partial charge in [-0.05, 0) is 18.6 Å². The molecule has 0 bridgehead atoms. The van der Waals surface area contributed by atoms with Crippen molar-refractivity contribution in [3.8, 4) is 0 Å². The van der Waals surface area contributed by atoms with E-state index in [1.807, 2.05) is 0 Å². The topological polar surface area (TPSA) is 91.4 Å². The van der Waals surface area contributed by atoms with Crippen LogP contribution in [0.15, 0.2) is 30.2 Å². The van der Waals surface area contributed by atoms with E-state index in [9.17, 15) is 22.9 Å². The Balaban J connectivity index is 1.40. The number of phosphoric acid groups is 1. The summed E-state index contributed by atoms with van der Waals surface area (Å²) in [6.45, 7) is 1.29. The number of Topliss-reactive ketones (excluding diaryl/α,β-unsaturated/α-hetero) is 1. The molecule has 8 nitrogen and oxygen atoms in total. The fourth-order valence-electron chi connectivity index (χ4n) is 3.30. The lowest BCUT2D eigenvalue weighted by Gasteiger charge is -2.30. The van der Waals surface area contributed by atoms with Gasteiger partial charge in [-0.1, -0.05) is 12.1 Å². The highest BCUT2D eigenvalue weighted by atomic mass is 31.2. The minimum Gasteiger partial charge on any atom is -0.349 e. The number of rotatable bonds is 4. The highest BCUT2D eigenvalue weighted by molar-refractivity contribution is 7.48. The minimum absolute atomic E-state index is 0.0873. The van der Waals surface area contributed by atoms with E-state index in [2.05, 4.69) is 0 Å². The first-order valence-electron chi connectivity index (χ1n) is 8.94. The van der Waals surface area contributed by atoms with Crippen LogP contribution in [0.4, 0.5) is 8.78 Å². The van der Waals surface area contributed by atoms with Crippen LogP contribution in [0.5, 0.6) is 0 Å². The van der Waals surface area contributed by atoms with Crippen molar-refractivity contribution >= 4 is 19.5 Å². The largest absolute Gasteiger partial charge is 0.475 e. The number of carbonyl (C=O) groups excluding carboxylic acids is 2. The number of hydrogen-bond donors (Lipinski definition) is 0. The van der Waals surface area contributed by atoms with Gasteiger partial charge >= 0.3 is 7.82 Å². The van der Waals surface area contributed by atoms with Gasteiger partial charge in [0, 0.05) is 18.2 Å². The third-order valence-corrected chi connectivity index (χ3v) is 6.30. The average molecular weight is 429 g/mol. The summed E-state index contributed by atoms with van der Waals surface area (Å²) < 4.78 is 61.7. The van der Waals surface area contributed by atoms with Crippen LogP contribution < -0.4 is 0 Å². The number of ether oxygens (including phenoxy) is 1. The van der Waals surface area contributed by atoms with Crippen LogP contribution in [-0.2, 0) is 39.1 Å². The number of phosphoric ester groups is 1. The van der Waals surface area contributed by atoms with Gasteiger partial charge in [0.2, 0.25) is 11.7 Å². The van der Waals surface area contributed by atoms with Crippen LogP contribution in [-0.4, -0.2) is 41.6 Å². The molecule has 3 aliphatic rings. The van der Waals surface area contributed by atoms with Gasteiger partial charge < -0.3 is 4.74 Å². The molecule has 4 atom stereocenters. The van der Waals surface area contributed by atoms with Crippen LogP contribution >= 0.6 is 7.82 Å². The van der Waals surface area contributed by atoms with Crippen molar-refractivity contribution in [1.29, 1.82) is 0 Å². The second-order valence-electron chi connectivity index (χ2n) is 7.00. The Morgan fingerprint density at radius 3 is 2.83 bits per heavy atom.